The molecule has 0 aliphatic carbocycles. The van der Waals surface area contributed by atoms with Crippen LogP contribution in [0.4, 0.5) is 11.4 Å². The fraction of sp³-hybridized carbons (Fsp3) is 0.0833. The first-order chi connectivity index (χ1) is 8.50. The van der Waals surface area contributed by atoms with Crippen LogP contribution in [-0.4, -0.2) is 20.4 Å². The number of hydrogen-bond donors (Lipinski definition) is 1. The summed E-state index contributed by atoms with van der Waals surface area (Å²) in [6.07, 6.45) is 2.79. The lowest BCUT2D eigenvalue weighted by molar-refractivity contribution is 0.597. The molecular weight excluding hydrogens is 250 g/mol. The first kappa shape index (κ1) is 12.5. The van der Waals surface area contributed by atoms with Crippen molar-refractivity contribution in [1.29, 1.82) is 0 Å². The standard InChI is InChI=1S/C12H13N3O2S/c1-15(10-5-3-2-4-6-10)11-7-8-14-9-12(11)18(13,16)17/h2-9H,1H3,(H2,13,16,17). The molecule has 6 heteroatoms. The smallest absolute Gasteiger partial charge is 0.241 e. The van der Waals surface area contributed by atoms with E-state index in [1.165, 1.54) is 12.4 Å². The monoisotopic (exact) mass is 263 g/mol. The second-order valence-corrected chi connectivity index (χ2v) is 5.31. The summed E-state index contributed by atoms with van der Waals surface area (Å²) in [6, 6.07) is 11.0. The zero-order valence-corrected chi connectivity index (χ0v) is 10.6. The van der Waals surface area contributed by atoms with Crippen LogP contribution in [0.3, 0.4) is 0 Å². The van der Waals surface area contributed by atoms with Crippen molar-refractivity contribution in [3.05, 3.63) is 48.8 Å². The molecule has 0 saturated heterocycles. The first-order valence-corrected chi connectivity index (χ1v) is 6.80. The second-order valence-electron chi connectivity index (χ2n) is 3.78. The quantitative estimate of drug-likeness (QED) is 0.910. The minimum absolute atomic E-state index is 0.0105. The Balaban J connectivity index is 2.53. The molecular formula is C12H13N3O2S. The summed E-state index contributed by atoms with van der Waals surface area (Å²) in [5, 5.41) is 5.18. The summed E-state index contributed by atoms with van der Waals surface area (Å²) >= 11 is 0. The van der Waals surface area contributed by atoms with Crippen LogP contribution in [0.15, 0.2) is 53.7 Å². The third-order valence-corrected chi connectivity index (χ3v) is 3.50. The first-order valence-electron chi connectivity index (χ1n) is 5.26. The Morgan fingerprint density at radius 2 is 1.83 bits per heavy atom. The molecule has 0 atom stereocenters. The molecule has 0 fully saturated rings. The Kier molecular flexibility index (Phi) is 3.31. The summed E-state index contributed by atoms with van der Waals surface area (Å²) in [6.45, 7) is 0. The number of nitrogens with zero attached hydrogens (tertiary/aromatic N) is 2. The molecule has 94 valence electrons. The SMILES string of the molecule is CN(c1ccccc1)c1ccncc1S(N)(=O)=O. The highest BCUT2D eigenvalue weighted by atomic mass is 32.2. The minimum Gasteiger partial charge on any atom is -0.343 e. The molecule has 1 heterocycles. The van der Waals surface area contributed by atoms with Crippen LogP contribution >= 0.6 is 0 Å². The Labute approximate surface area is 106 Å². The van der Waals surface area contributed by atoms with Gasteiger partial charge in [-0.05, 0) is 18.2 Å². The predicted octanol–water partition coefficient (Wildman–Crippen LogP) is 1.50. The van der Waals surface area contributed by atoms with E-state index in [4.69, 9.17) is 5.14 Å². The molecule has 0 radical (unpaired) electrons. The average molecular weight is 263 g/mol. The normalized spacial score (nSPS) is 11.2. The van der Waals surface area contributed by atoms with Crippen LogP contribution in [0.5, 0.6) is 0 Å². The molecule has 0 amide bonds. The van der Waals surface area contributed by atoms with E-state index in [-0.39, 0.29) is 4.90 Å². The number of anilines is 2. The predicted molar refractivity (Wildman–Crippen MR) is 70.1 cm³/mol. The van der Waals surface area contributed by atoms with Gasteiger partial charge in [0.15, 0.2) is 0 Å². The lowest BCUT2D eigenvalue weighted by atomic mass is 10.2. The Bertz CT molecular complexity index is 641. The summed E-state index contributed by atoms with van der Waals surface area (Å²) in [5.41, 5.74) is 1.37. The van der Waals surface area contributed by atoms with Gasteiger partial charge in [-0.3, -0.25) is 4.98 Å². The molecule has 2 rings (SSSR count). The zero-order chi connectivity index (χ0) is 13.2. The molecule has 5 nitrogen and oxygen atoms in total. The number of sulfonamides is 1. The fourth-order valence-corrected chi connectivity index (χ4v) is 2.36. The van der Waals surface area contributed by atoms with E-state index in [0.29, 0.717) is 5.69 Å². The average Bonchev–Trinajstić information content (AvgIpc) is 2.38. The van der Waals surface area contributed by atoms with Gasteiger partial charge in [0.2, 0.25) is 10.0 Å². The lowest BCUT2D eigenvalue weighted by Gasteiger charge is -2.21. The van der Waals surface area contributed by atoms with Gasteiger partial charge in [0.05, 0.1) is 5.69 Å². The molecule has 2 aromatic rings. The molecule has 1 aromatic heterocycles. The Hall–Kier alpha value is -1.92. The fourth-order valence-electron chi connectivity index (χ4n) is 1.66. The zero-order valence-electron chi connectivity index (χ0n) is 9.82. The van der Waals surface area contributed by atoms with Crippen LogP contribution in [0, 0.1) is 0 Å². The molecule has 0 bridgehead atoms. The number of primary sulfonamides is 1. The number of nitrogens with two attached hydrogens (primary N) is 1. The van der Waals surface area contributed by atoms with Gasteiger partial charge in [-0.25, -0.2) is 13.6 Å². The molecule has 2 N–H and O–H groups in total. The van der Waals surface area contributed by atoms with Gasteiger partial charge < -0.3 is 4.90 Å². The number of para-hydroxylation sites is 1. The molecule has 18 heavy (non-hydrogen) atoms. The van der Waals surface area contributed by atoms with Crippen molar-refractivity contribution in [3.63, 3.8) is 0 Å². The molecule has 0 spiro atoms. The summed E-state index contributed by atoms with van der Waals surface area (Å²) in [5.74, 6) is 0. The van der Waals surface area contributed by atoms with Gasteiger partial charge in [-0.15, -0.1) is 0 Å². The van der Waals surface area contributed by atoms with Crippen molar-refractivity contribution >= 4 is 21.4 Å². The maximum Gasteiger partial charge on any atom is 0.241 e. The van der Waals surface area contributed by atoms with Crippen molar-refractivity contribution in [2.45, 2.75) is 4.90 Å². The van der Waals surface area contributed by atoms with Gasteiger partial charge in [0, 0.05) is 25.1 Å². The topological polar surface area (TPSA) is 76.3 Å². The minimum atomic E-state index is -3.79. The molecule has 1 aromatic carbocycles. The van der Waals surface area contributed by atoms with Crippen LogP contribution in [0.1, 0.15) is 0 Å². The van der Waals surface area contributed by atoms with Gasteiger partial charge in [0.25, 0.3) is 0 Å². The number of rotatable bonds is 3. The van der Waals surface area contributed by atoms with E-state index in [0.717, 1.165) is 5.69 Å². The molecule has 0 saturated carbocycles. The Morgan fingerprint density at radius 3 is 2.44 bits per heavy atom. The largest absolute Gasteiger partial charge is 0.343 e. The van der Waals surface area contributed by atoms with Crippen molar-refractivity contribution < 1.29 is 8.42 Å². The third-order valence-electron chi connectivity index (χ3n) is 2.57. The summed E-state index contributed by atoms with van der Waals surface area (Å²) in [7, 11) is -2.01. The number of benzene rings is 1. The van der Waals surface area contributed by atoms with E-state index in [1.54, 1.807) is 18.0 Å². The number of aromatic nitrogens is 1. The van der Waals surface area contributed by atoms with E-state index >= 15 is 0 Å². The maximum absolute atomic E-state index is 11.5. The highest BCUT2D eigenvalue weighted by Crippen LogP contribution is 2.28. The molecule has 0 aliphatic heterocycles. The highest BCUT2D eigenvalue weighted by Gasteiger charge is 2.17. The third kappa shape index (κ3) is 2.49. The molecule has 0 aliphatic rings. The number of pyridine rings is 1. The van der Waals surface area contributed by atoms with E-state index < -0.39 is 10.0 Å². The van der Waals surface area contributed by atoms with E-state index in [1.807, 2.05) is 30.3 Å². The van der Waals surface area contributed by atoms with E-state index in [9.17, 15) is 8.42 Å². The van der Waals surface area contributed by atoms with Crippen molar-refractivity contribution in [3.8, 4) is 0 Å². The maximum atomic E-state index is 11.5. The van der Waals surface area contributed by atoms with Crippen LogP contribution in [0.2, 0.25) is 0 Å². The van der Waals surface area contributed by atoms with Crippen molar-refractivity contribution in [1.82, 2.24) is 4.98 Å². The van der Waals surface area contributed by atoms with Crippen LogP contribution < -0.4 is 10.0 Å². The van der Waals surface area contributed by atoms with Gasteiger partial charge in [-0.1, -0.05) is 18.2 Å². The second kappa shape index (κ2) is 4.75. The van der Waals surface area contributed by atoms with Crippen LogP contribution in [0.25, 0.3) is 0 Å². The summed E-state index contributed by atoms with van der Waals surface area (Å²) in [4.78, 5) is 5.56. The Morgan fingerprint density at radius 1 is 1.17 bits per heavy atom. The van der Waals surface area contributed by atoms with Crippen molar-refractivity contribution in [2.24, 2.45) is 5.14 Å². The van der Waals surface area contributed by atoms with E-state index in [2.05, 4.69) is 4.98 Å². The molecule has 0 unspecified atom stereocenters. The van der Waals surface area contributed by atoms with Crippen molar-refractivity contribution in [2.75, 3.05) is 11.9 Å². The van der Waals surface area contributed by atoms with Gasteiger partial charge in [-0.2, -0.15) is 0 Å². The lowest BCUT2D eigenvalue weighted by Crippen LogP contribution is -2.18. The van der Waals surface area contributed by atoms with Gasteiger partial charge >= 0.3 is 0 Å². The summed E-state index contributed by atoms with van der Waals surface area (Å²) < 4.78 is 23.0. The number of hydrogen-bond acceptors (Lipinski definition) is 4. The van der Waals surface area contributed by atoms with Gasteiger partial charge in [0.1, 0.15) is 4.90 Å². The van der Waals surface area contributed by atoms with Crippen LogP contribution in [-0.2, 0) is 10.0 Å². The highest BCUT2D eigenvalue weighted by molar-refractivity contribution is 7.89.